The Balaban J connectivity index is 1.91. The second kappa shape index (κ2) is 6.09. The Bertz CT molecular complexity index is 646. The van der Waals surface area contributed by atoms with E-state index >= 15 is 0 Å². The van der Waals surface area contributed by atoms with Crippen LogP contribution in [0.1, 0.15) is 31.4 Å². The summed E-state index contributed by atoms with van der Waals surface area (Å²) in [5, 5.41) is 2.67. The van der Waals surface area contributed by atoms with Crippen LogP contribution in [0.25, 0.3) is 0 Å². The second-order valence-corrected chi connectivity index (χ2v) is 7.66. The lowest BCUT2D eigenvalue weighted by Crippen LogP contribution is -2.28. The third-order valence-electron chi connectivity index (χ3n) is 3.62. The molecule has 1 fully saturated rings. The molecule has 4 nitrogen and oxygen atoms in total. The van der Waals surface area contributed by atoms with Crippen molar-refractivity contribution in [3.63, 3.8) is 0 Å². The van der Waals surface area contributed by atoms with Crippen LogP contribution in [0.15, 0.2) is 18.2 Å². The van der Waals surface area contributed by atoms with E-state index in [1.54, 1.807) is 6.92 Å². The quantitative estimate of drug-likeness (QED) is 0.923. The van der Waals surface area contributed by atoms with Gasteiger partial charge in [0.1, 0.15) is 0 Å². The zero-order valence-electron chi connectivity index (χ0n) is 11.6. The van der Waals surface area contributed by atoms with E-state index < -0.39 is 27.5 Å². The van der Waals surface area contributed by atoms with Gasteiger partial charge in [0.25, 0.3) is 0 Å². The van der Waals surface area contributed by atoms with Crippen LogP contribution in [0.4, 0.5) is 8.78 Å². The molecular formula is C14H17F2NO3S. The molecule has 1 N–H and O–H groups in total. The van der Waals surface area contributed by atoms with Crippen molar-refractivity contribution >= 4 is 15.7 Å². The minimum Gasteiger partial charge on any atom is -0.350 e. The molecule has 0 aromatic heterocycles. The van der Waals surface area contributed by atoms with E-state index in [1.165, 1.54) is 6.07 Å². The molecule has 1 aliphatic heterocycles. The summed E-state index contributed by atoms with van der Waals surface area (Å²) in [4.78, 5) is 11.9. The molecule has 2 atom stereocenters. The van der Waals surface area contributed by atoms with Gasteiger partial charge in [0.2, 0.25) is 5.91 Å². The molecule has 0 aliphatic carbocycles. The topological polar surface area (TPSA) is 63.2 Å². The van der Waals surface area contributed by atoms with Crippen LogP contribution in [0.5, 0.6) is 0 Å². The van der Waals surface area contributed by atoms with Crippen LogP contribution in [-0.2, 0) is 14.6 Å². The van der Waals surface area contributed by atoms with Crippen LogP contribution in [-0.4, -0.2) is 25.8 Å². The third-order valence-corrected chi connectivity index (χ3v) is 5.46. The molecule has 2 rings (SSSR count). The zero-order valence-corrected chi connectivity index (χ0v) is 12.4. The number of hydrogen-bond donors (Lipinski definition) is 1. The van der Waals surface area contributed by atoms with Gasteiger partial charge in [-0.2, -0.15) is 0 Å². The fourth-order valence-electron chi connectivity index (χ4n) is 2.46. The Labute approximate surface area is 122 Å². The van der Waals surface area contributed by atoms with Gasteiger partial charge in [-0.3, -0.25) is 4.79 Å². The molecule has 1 aliphatic rings. The maximum absolute atomic E-state index is 13.1. The number of hydrogen-bond acceptors (Lipinski definition) is 3. The highest BCUT2D eigenvalue weighted by molar-refractivity contribution is 7.91. The van der Waals surface area contributed by atoms with Gasteiger partial charge in [0.05, 0.1) is 17.5 Å². The molecule has 21 heavy (non-hydrogen) atoms. The molecule has 0 saturated carbocycles. The monoisotopic (exact) mass is 317 g/mol. The first-order valence-corrected chi connectivity index (χ1v) is 8.54. The molecule has 0 bridgehead atoms. The average Bonchev–Trinajstić information content (AvgIpc) is 2.71. The van der Waals surface area contributed by atoms with E-state index in [0.717, 1.165) is 12.1 Å². The van der Waals surface area contributed by atoms with Crippen LogP contribution in [0.2, 0.25) is 0 Å². The molecule has 7 heteroatoms. The van der Waals surface area contributed by atoms with Crippen LogP contribution < -0.4 is 5.32 Å². The number of carbonyl (C=O) groups is 1. The fourth-order valence-corrected chi connectivity index (χ4v) is 4.32. The van der Waals surface area contributed by atoms with Gasteiger partial charge in [0.15, 0.2) is 21.5 Å². The third kappa shape index (κ3) is 4.23. The largest absolute Gasteiger partial charge is 0.350 e. The highest BCUT2D eigenvalue weighted by atomic mass is 32.2. The predicted octanol–water partition coefficient (Wildman–Crippen LogP) is 1.97. The molecule has 1 saturated heterocycles. The second-order valence-electron chi connectivity index (χ2n) is 5.44. The number of halogens is 2. The maximum Gasteiger partial charge on any atom is 0.220 e. The Morgan fingerprint density at radius 2 is 2.10 bits per heavy atom. The summed E-state index contributed by atoms with van der Waals surface area (Å²) < 4.78 is 48.6. The summed E-state index contributed by atoms with van der Waals surface area (Å²) in [5.74, 6) is -2.17. The molecule has 1 amide bonds. The smallest absolute Gasteiger partial charge is 0.220 e. The van der Waals surface area contributed by atoms with Gasteiger partial charge >= 0.3 is 0 Å². The molecule has 2 unspecified atom stereocenters. The molecule has 116 valence electrons. The standard InChI is InChI=1S/C14H17F2NO3S/c1-9(11-2-3-12(15)13(16)7-11)17-14(18)6-10-4-5-21(19,20)8-10/h2-3,7,9-10H,4-6,8H2,1H3,(H,17,18). The van der Waals surface area contributed by atoms with Crippen molar-refractivity contribution in [1.82, 2.24) is 5.32 Å². The van der Waals surface area contributed by atoms with Crippen molar-refractivity contribution < 1.29 is 22.0 Å². The summed E-state index contributed by atoms with van der Waals surface area (Å²) in [6.45, 7) is 1.66. The summed E-state index contributed by atoms with van der Waals surface area (Å²) in [7, 11) is -3.00. The number of rotatable bonds is 4. The number of sulfone groups is 1. The Morgan fingerprint density at radius 3 is 2.67 bits per heavy atom. The lowest BCUT2D eigenvalue weighted by Gasteiger charge is -2.16. The summed E-state index contributed by atoms with van der Waals surface area (Å²) in [5.41, 5.74) is 0.460. The fraction of sp³-hybridized carbons (Fsp3) is 0.500. The van der Waals surface area contributed by atoms with Crippen LogP contribution in [0.3, 0.4) is 0 Å². The summed E-state index contributed by atoms with van der Waals surface area (Å²) in [6, 6.07) is 2.99. The molecule has 0 radical (unpaired) electrons. The van der Waals surface area contributed by atoms with E-state index in [4.69, 9.17) is 0 Å². The molecule has 0 spiro atoms. The van der Waals surface area contributed by atoms with E-state index in [1.807, 2.05) is 0 Å². The van der Waals surface area contributed by atoms with Gasteiger partial charge in [0, 0.05) is 6.42 Å². The molecule has 1 aromatic carbocycles. The van der Waals surface area contributed by atoms with Crippen LogP contribution >= 0.6 is 0 Å². The van der Waals surface area contributed by atoms with E-state index in [-0.39, 0.29) is 29.8 Å². The van der Waals surface area contributed by atoms with Crippen LogP contribution in [0, 0.1) is 17.6 Å². The summed E-state index contributed by atoms with van der Waals surface area (Å²) >= 11 is 0. The van der Waals surface area contributed by atoms with Crippen molar-refractivity contribution in [3.05, 3.63) is 35.4 Å². The van der Waals surface area contributed by atoms with E-state index in [9.17, 15) is 22.0 Å². The highest BCUT2D eigenvalue weighted by Crippen LogP contribution is 2.22. The van der Waals surface area contributed by atoms with Gasteiger partial charge < -0.3 is 5.32 Å². The highest BCUT2D eigenvalue weighted by Gasteiger charge is 2.29. The lowest BCUT2D eigenvalue weighted by molar-refractivity contribution is -0.122. The van der Waals surface area contributed by atoms with Gasteiger partial charge in [-0.05, 0) is 37.0 Å². The molecule has 1 aromatic rings. The van der Waals surface area contributed by atoms with E-state index in [0.29, 0.717) is 12.0 Å². The predicted molar refractivity (Wildman–Crippen MR) is 74.3 cm³/mol. The molecular weight excluding hydrogens is 300 g/mol. The normalized spacial score (nSPS) is 22.0. The zero-order chi connectivity index (χ0) is 15.6. The van der Waals surface area contributed by atoms with Crippen molar-refractivity contribution in [1.29, 1.82) is 0 Å². The Morgan fingerprint density at radius 1 is 1.38 bits per heavy atom. The average molecular weight is 317 g/mol. The first kappa shape index (κ1) is 15.9. The lowest BCUT2D eigenvalue weighted by atomic mass is 10.0. The number of benzene rings is 1. The number of nitrogens with one attached hydrogen (secondary N) is 1. The van der Waals surface area contributed by atoms with Crippen molar-refractivity contribution in [2.24, 2.45) is 5.92 Å². The Kier molecular flexibility index (Phi) is 4.61. The summed E-state index contributed by atoms with van der Waals surface area (Å²) in [6.07, 6.45) is 0.628. The molecule has 1 heterocycles. The van der Waals surface area contributed by atoms with E-state index in [2.05, 4.69) is 5.32 Å². The maximum atomic E-state index is 13.1. The van der Waals surface area contributed by atoms with Crippen molar-refractivity contribution in [2.45, 2.75) is 25.8 Å². The number of carbonyl (C=O) groups excluding carboxylic acids is 1. The minimum atomic E-state index is -3.00. The van der Waals surface area contributed by atoms with Gasteiger partial charge in [-0.25, -0.2) is 17.2 Å². The number of amides is 1. The Hall–Kier alpha value is -1.50. The first-order valence-electron chi connectivity index (χ1n) is 6.71. The van der Waals surface area contributed by atoms with Crippen molar-refractivity contribution in [3.8, 4) is 0 Å². The van der Waals surface area contributed by atoms with Gasteiger partial charge in [-0.15, -0.1) is 0 Å². The van der Waals surface area contributed by atoms with Crippen molar-refractivity contribution in [2.75, 3.05) is 11.5 Å². The SMILES string of the molecule is CC(NC(=O)CC1CCS(=O)(=O)C1)c1ccc(F)c(F)c1. The minimum absolute atomic E-state index is 0.0416. The first-order chi connectivity index (χ1) is 9.77. The van der Waals surface area contributed by atoms with Gasteiger partial charge in [-0.1, -0.05) is 6.07 Å².